The SMILES string of the molecule is CCC1CCCCC1CC(C)NC. The van der Waals surface area contributed by atoms with Gasteiger partial charge in [0.25, 0.3) is 0 Å². The number of nitrogens with one attached hydrogen (secondary N) is 1. The van der Waals surface area contributed by atoms with Crippen molar-refractivity contribution in [3.05, 3.63) is 0 Å². The molecule has 1 nitrogen and oxygen atoms in total. The Morgan fingerprint density at radius 2 is 1.85 bits per heavy atom. The van der Waals surface area contributed by atoms with Crippen LogP contribution in [0, 0.1) is 11.8 Å². The smallest absolute Gasteiger partial charge is 0.00384 e. The first-order valence-corrected chi connectivity index (χ1v) is 5.95. The van der Waals surface area contributed by atoms with Crippen molar-refractivity contribution in [2.45, 2.75) is 58.4 Å². The molecule has 78 valence electrons. The molecule has 13 heavy (non-hydrogen) atoms. The minimum Gasteiger partial charge on any atom is -0.317 e. The van der Waals surface area contributed by atoms with Crippen LogP contribution in [-0.2, 0) is 0 Å². The van der Waals surface area contributed by atoms with Crippen molar-refractivity contribution in [2.75, 3.05) is 7.05 Å². The predicted molar refractivity (Wildman–Crippen MR) is 58.9 cm³/mol. The molecule has 0 aromatic carbocycles. The summed E-state index contributed by atoms with van der Waals surface area (Å²) in [7, 11) is 2.08. The molecule has 1 N–H and O–H groups in total. The molecule has 0 bridgehead atoms. The maximum Gasteiger partial charge on any atom is 0.00384 e. The van der Waals surface area contributed by atoms with Crippen LogP contribution in [0.15, 0.2) is 0 Å². The Labute approximate surface area is 83.3 Å². The lowest BCUT2D eigenvalue weighted by atomic mass is 9.75. The Balaban J connectivity index is 2.35. The molecule has 1 fully saturated rings. The topological polar surface area (TPSA) is 12.0 Å². The van der Waals surface area contributed by atoms with E-state index in [2.05, 4.69) is 26.2 Å². The zero-order valence-corrected chi connectivity index (χ0v) is 9.47. The zero-order valence-electron chi connectivity index (χ0n) is 9.47. The van der Waals surface area contributed by atoms with Crippen molar-refractivity contribution < 1.29 is 0 Å². The second-order valence-corrected chi connectivity index (χ2v) is 4.64. The summed E-state index contributed by atoms with van der Waals surface area (Å²) in [6, 6.07) is 0.706. The maximum absolute atomic E-state index is 3.36. The van der Waals surface area contributed by atoms with Crippen LogP contribution in [0.1, 0.15) is 52.4 Å². The van der Waals surface area contributed by atoms with Crippen molar-refractivity contribution in [1.29, 1.82) is 0 Å². The standard InChI is InChI=1S/C12H25N/c1-4-11-7-5-6-8-12(11)9-10(2)13-3/h10-13H,4-9H2,1-3H3. The Kier molecular flexibility index (Phi) is 4.79. The minimum absolute atomic E-state index is 0.706. The summed E-state index contributed by atoms with van der Waals surface area (Å²) < 4.78 is 0. The van der Waals surface area contributed by atoms with Gasteiger partial charge in [-0.15, -0.1) is 0 Å². The maximum atomic E-state index is 3.36. The van der Waals surface area contributed by atoms with Gasteiger partial charge in [0, 0.05) is 6.04 Å². The summed E-state index contributed by atoms with van der Waals surface area (Å²) in [5.74, 6) is 2.02. The van der Waals surface area contributed by atoms with Gasteiger partial charge in [-0.1, -0.05) is 39.0 Å². The predicted octanol–water partition coefficient (Wildman–Crippen LogP) is 3.20. The highest BCUT2D eigenvalue weighted by Gasteiger charge is 2.24. The lowest BCUT2D eigenvalue weighted by molar-refractivity contribution is 0.203. The molecule has 1 rings (SSSR count). The molecular formula is C12H25N. The van der Waals surface area contributed by atoms with Gasteiger partial charge in [0.2, 0.25) is 0 Å². The number of hydrogen-bond donors (Lipinski definition) is 1. The molecule has 1 aliphatic carbocycles. The van der Waals surface area contributed by atoms with Crippen LogP contribution >= 0.6 is 0 Å². The molecule has 3 atom stereocenters. The third-order valence-corrected chi connectivity index (χ3v) is 3.74. The summed E-state index contributed by atoms with van der Waals surface area (Å²) in [6.07, 6.45) is 8.68. The second-order valence-electron chi connectivity index (χ2n) is 4.64. The molecular weight excluding hydrogens is 158 g/mol. The minimum atomic E-state index is 0.706. The fourth-order valence-electron chi connectivity index (χ4n) is 2.70. The first kappa shape index (κ1) is 11.0. The van der Waals surface area contributed by atoms with Crippen LogP contribution in [0.3, 0.4) is 0 Å². The first-order valence-electron chi connectivity index (χ1n) is 5.95. The first-order chi connectivity index (χ1) is 6.27. The van der Waals surface area contributed by atoms with E-state index in [0.29, 0.717) is 6.04 Å². The summed E-state index contributed by atoms with van der Waals surface area (Å²) in [4.78, 5) is 0. The van der Waals surface area contributed by atoms with E-state index in [1.165, 1.54) is 38.5 Å². The summed E-state index contributed by atoms with van der Waals surface area (Å²) in [5, 5.41) is 3.36. The van der Waals surface area contributed by atoms with E-state index in [0.717, 1.165) is 11.8 Å². The molecule has 0 aliphatic heterocycles. The Morgan fingerprint density at radius 3 is 2.38 bits per heavy atom. The van der Waals surface area contributed by atoms with Crippen LogP contribution in [0.25, 0.3) is 0 Å². The van der Waals surface area contributed by atoms with Crippen LogP contribution in [0.5, 0.6) is 0 Å². The molecule has 0 saturated heterocycles. The Hall–Kier alpha value is -0.0400. The van der Waals surface area contributed by atoms with E-state index >= 15 is 0 Å². The monoisotopic (exact) mass is 183 g/mol. The molecule has 1 aliphatic rings. The van der Waals surface area contributed by atoms with Gasteiger partial charge < -0.3 is 5.32 Å². The summed E-state index contributed by atoms with van der Waals surface area (Å²) in [6.45, 7) is 4.66. The van der Waals surface area contributed by atoms with Gasteiger partial charge in [0.05, 0.1) is 0 Å². The highest BCUT2D eigenvalue weighted by Crippen LogP contribution is 2.34. The Bertz CT molecular complexity index is 133. The molecule has 3 unspecified atom stereocenters. The third-order valence-electron chi connectivity index (χ3n) is 3.74. The van der Waals surface area contributed by atoms with Crippen molar-refractivity contribution >= 4 is 0 Å². The van der Waals surface area contributed by atoms with Gasteiger partial charge in [0.1, 0.15) is 0 Å². The van der Waals surface area contributed by atoms with Gasteiger partial charge in [0.15, 0.2) is 0 Å². The van der Waals surface area contributed by atoms with E-state index in [4.69, 9.17) is 0 Å². The van der Waals surface area contributed by atoms with Crippen molar-refractivity contribution in [3.8, 4) is 0 Å². The molecule has 0 aromatic rings. The van der Waals surface area contributed by atoms with E-state index in [1.54, 1.807) is 0 Å². The average molecular weight is 183 g/mol. The van der Waals surface area contributed by atoms with Crippen LogP contribution in [0.4, 0.5) is 0 Å². The van der Waals surface area contributed by atoms with Gasteiger partial charge in [-0.3, -0.25) is 0 Å². The summed E-state index contributed by atoms with van der Waals surface area (Å²) >= 11 is 0. The van der Waals surface area contributed by atoms with Crippen molar-refractivity contribution in [3.63, 3.8) is 0 Å². The van der Waals surface area contributed by atoms with E-state index in [-0.39, 0.29) is 0 Å². The van der Waals surface area contributed by atoms with Crippen molar-refractivity contribution in [1.82, 2.24) is 5.32 Å². The van der Waals surface area contributed by atoms with E-state index in [9.17, 15) is 0 Å². The normalized spacial score (nSPS) is 31.6. The quantitative estimate of drug-likeness (QED) is 0.706. The number of rotatable bonds is 4. The number of hydrogen-bond acceptors (Lipinski definition) is 1. The van der Waals surface area contributed by atoms with Gasteiger partial charge in [-0.2, -0.15) is 0 Å². The zero-order chi connectivity index (χ0) is 9.68. The van der Waals surface area contributed by atoms with Gasteiger partial charge in [-0.05, 0) is 32.2 Å². The van der Waals surface area contributed by atoms with Gasteiger partial charge >= 0.3 is 0 Å². The lowest BCUT2D eigenvalue weighted by Crippen LogP contribution is -2.29. The second kappa shape index (κ2) is 5.64. The van der Waals surface area contributed by atoms with Crippen molar-refractivity contribution in [2.24, 2.45) is 11.8 Å². The largest absolute Gasteiger partial charge is 0.317 e. The molecule has 0 spiro atoms. The summed E-state index contributed by atoms with van der Waals surface area (Å²) in [5.41, 5.74) is 0. The van der Waals surface area contributed by atoms with E-state index in [1.807, 2.05) is 0 Å². The van der Waals surface area contributed by atoms with E-state index < -0.39 is 0 Å². The van der Waals surface area contributed by atoms with Crippen LogP contribution < -0.4 is 5.32 Å². The third kappa shape index (κ3) is 3.30. The molecule has 0 aromatic heterocycles. The fourth-order valence-corrected chi connectivity index (χ4v) is 2.70. The molecule has 0 heterocycles. The Morgan fingerprint density at radius 1 is 1.23 bits per heavy atom. The highest BCUT2D eigenvalue weighted by molar-refractivity contribution is 4.77. The lowest BCUT2D eigenvalue weighted by Gasteiger charge is -2.32. The average Bonchev–Trinajstić information content (AvgIpc) is 2.18. The molecule has 1 saturated carbocycles. The molecule has 0 radical (unpaired) electrons. The molecule has 1 heteroatoms. The van der Waals surface area contributed by atoms with Crippen LogP contribution in [-0.4, -0.2) is 13.1 Å². The van der Waals surface area contributed by atoms with Gasteiger partial charge in [-0.25, -0.2) is 0 Å². The molecule has 0 amide bonds. The fraction of sp³-hybridized carbons (Fsp3) is 1.00. The van der Waals surface area contributed by atoms with Crippen LogP contribution in [0.2, 0.25) is 0 Å². The highest BCUT2D eigenvalue weighted by atomic mass is 14.8.